The fraction of sp³-hybridized carbons (Fsp3) is 0.625. The SMILES string of the molecule is CCOc1ccc(S(=O)(=O)N2C3CCC2CC(S(C)(=O)=O)C3)cc1F. The van der Waals surface area contributed by atoms with Gasteiger partial charge in [0.2, 0.25) is 10.0 Å². The van der Waals surface area contributed by atoms with E-state index in [1.807, 2.05) is 0 Å². The minimum Gasteiger partial charge on any atom is -0.491 e. The predicted molar refractivity (Wildman–Crippen MR) is 91.3 cm³/mol. The third kappa shape index (κ3) is 3.41. The Hall–Kier alpha value is -1.19. The van der Waals surface area contributed by atoms with Crippen LogP contribution >= 0.6 is 0 Å². The minimum atomic E-state index is -3.88. The first-order valence-electron chi connectivity index (χ1n) is 8.29. The summed E-state index contributed by atoms with van der Waals surface area (Å²) >= 11 is 0. The lowest BCUT2D eigenvalue weighted by Crippen LogP contribution is -2.49. The molecule has 9 heteroatoms. The van der Waals surface area contributed by atoms with Crippen molar-refractivity contribution < 1.29 is 26.0 Å². The van der Waals surface area contributed by atoms with Crippen molar-refractivity contribution in [3.63, 3.8) is 0 Å². The van der Waals surface area contributed by atoms with E-state index in [1.165, 1.54) is 22.7 Å². The zero-order valence-corrected chi connectivity index (χ0v) is 15.8. The van der Waals surface area contributed by atoms with Crippen molar-refractivity contribution in [3.05, 3.63) is 24.0 Å². The smallest absolute Gasteiger partial charge is 0.243 e. The Bertz CT molecular complexity index is 855. The largest absolute Gasteiger partial charge is 0.491 e. The lowest BCUT2D eigenvalue weighted by atomic mass is 10.1. The van der Waals surface area contributed by atoms with E-state index in [-0.39, 0.29) is 29.3 Å². The maximum absolute atomic E-state index is 14.1. The van der Waals surface area contributed by atoms with E-state index in [9.17, 15) is 21.2 Å². The molecule has 140 valence electrons. The number of sulfonamides is 1. The van der Waals surface area contributed by atoms with Gasteiger partial charge in [-0.25, -0.2) is 21.2 Å². The summed E-state index contributed by atoms with van der Waals surface area (Å²) in [6.45, 7) is 2.00. The summed E-state index contributed by atoms with van der Waals surface area (Å²) in [5, 5.41) is -0.506. The number of fused-ring (bicyclic) bond motifs is 2. The Labute approximate surface area is 147 Å². The molecule has 2 unspecified atom stereocenters. The van der Waals surface area contributed by atoms with Gasteiger partial charge in [-0.2, -0.15) is 4.31 Å². The van der Waals surface area contributed by atoms with Crippen LogP contribution < -0.4 is 4.74 Å². The molecule has 2 aliphatic rings. The Morgan fingerprint density at radius 2 is 1.76 bits per heavy atom. The van der Waals surface area contributed by atoms with E-state index in [0.29, 0.717) is 25.7 Å². The third-order valence-electron chi connectivity index (χ3n) is 5.01. The highest BCUT2D eigenvalue weighted by Gasteiger charge is 2.49. The first-order chi connectivity index (χ1) is 11.6. The highest BCUT2D eigenvalue weighted by atomic mass is 32.2. The fourth-order valence-corrected chi connectivity index (χ4v) is 6.91. The molecule has 0 spiro atoms. The number of hydrogen-bond donors (Lipinski definition) is 0. The zero-order chi connectivity index (χ0) is 18.4. The van der Waals surface area contributed by atoms with Gasteiger partial charge in [0.25, 0.3) is 0 Å². The summed E-state index contributed by atoms with van der Waals surface area (Å²) in [5.74, 6) is -0.707. The molecule has 0 radical (unpaired) electrons. The molecule has 0 amide bonds. The molecule has 2 atom stereocenters. The molecule has 2 bridgehead atoms. The summed E-state index contributed by atoms with van der Waals surface area (Å²) in [4.78, 5) is -0.122. The van der Waals surface area contributed by atoms with E-state index in [4.69, 9.17) is 4.74 Å². The maximum Gasteiger partial charge on any atom is 0.243 e. The van der Waals surface area contributed by atoms with Crippen LogP contribution in [0.25, 0.3) is 0 Å². The lowest BCUT2D eigenvalue weighted by Gasteiger charge is -2.37. The molecular formula is C16H22FNO5S2. The number of benzene rings is 1. The number of sulfone groups is 1. The molecule has 1 aromatic rings. The number of nitrogens with zero attached hydrogens (tertiary/aromatic N) is 1. The van der Waals surface area contributed by atoms with Crippen LogP contribution in [0.2, 0.25) is 0 Å². The average Bonchev–Trinajstić information content (AvgIpc) is 2.80. The topological polar surface area (TPSA) is 80.8 Å². The highest BCUT2D eigenvalue weighted by Crippen LogP contribution is 2.41. The molecule has 2 saturated heterocycles. The molecule has 2 aliphatic heterocycles. The second-order valence-electron chi connectivity index (χ2n) is 6.67. The molecular weight excluding hydrogens is 369 g/mol. The maximum atomic E-state index is 14.1. The average molecular weight is 391 g/mol. The van der Waals surface area contributed by atoms with Crippen LogP contribution in [-0.2, 0) is 19.9 Å². The van der Waals surface area contributed by atoms with Crippen LogP contribution in [-0.4, -0.2) is 51.3 Å². The minimum absolute atomic E-state index is 0.0141. The summed E-state index contributed by atoms with van der Waals surface area (Å²) < 4.78 is 70.3. The summed E-state index contributed by atoms with van der Waals surface area (Å²) in [5.41, 5.74) is 0. The summed E-state index contributed by atoms with van der Waals surface area (Å²) in [6, 6.07) is 2.93. The summed E-state index contributed by atoms with van der Waals surface area (Å²) in [7, 11) is -7.08. The Kier molecular flexibility index (Phi) is 4.85. The summed E-state index contributed by atoms with van der Waals surface area (Å²) in [6.07, 6.45) is 3.07. The number of hydrogen-bond acceptors (Lipinski definition) is 5. The zero-order valence-electron chi connectivity index (χ0n) is 14.2. The van der Waals surface area contributed by atoms with Gasteiger partial charge in [0, 0.05) is 18.3 Å². The van der Waals surface area contributed by atoms with Gasteiger partial charge in [-0.3, -0.25) is 0 Å². The van der Waals surface area contributed by atoms with Gasteiger partial charge < -0.3 is 4.74 Å². The van der Waals surface area contributed by atoms with E-state index >= 15 is 0 Å². The van der Waals surface area contributed by atoms with Crippen molar-refractivity contribution in [1.82, 2.24) is 4.31 Å². The second kappa shape index (κ2) is 6.51. The lowest BCUT2D eigenvalue weighted by molar-refractivity contribution is 0.249. The van der Waals surface area contributed by atoms with E-state index < -0.39 is 30.9 Å². The monoisotopic (exact) mass is 391 g/mol. The van der Waals surface area contributed by atoms with Gasteiger partial charge in [0.05, 0.1) is 16.8 Å². The number of halogens is 1. The van der Waals surface area contributed by atoms with E-state index in [1.54, 1.807) is 6.92 Å². The third-order valence-corrected chi connectivity index (χ3v) is 8.60. The molecule has 0 aliphatic carbocycles. The molecule has 2 heterocycles. The van der Waals surface area contributed by atoms with Gasteiger partial charge >= 0.3 is 0 Å². The van der Waals surface area contributed by atoms with Crippen LogP contribution in [0, 0.1) is 5.82 Å². The first kappa shape index (κ1) is 18.6. The van der Waals surface area contributed by atoms with Crippen LogP contribution in [0.1, 0.15) is 32.6 Å². The molecule has 0 N–H and O–H groups in total. The number of rotatable bonds is 5. The molecule has 0 saturated carbocycles. The molecule has 6 nitrogen and oxygen atoms in total. The Morgan fingerprint density at radius 1 is 1.16 bits per heavy atom. The van der Waals surface area contributed by atoms with E-state index in [2.05, 4.69) is 0 Å². The first-order valence-corrected chi connectivity index (χ1v) is 11.7. The van der Waals surface area contributed by atoms with E-state index in [0.717, 1.165) is 6.07 Å². The van der Waals surface area contributed by atoms with Crippen LogP contribution in [0.15, 0.2) is 23.1 Å². The molecule has 1 aromatic carbocycles. The molecule has 25 heavy (non-hydrogen) atoms. The molecule has 2 fully saturated rings. The van der Waals surface area contributed by atoms with Gasteiger partial charge in [0.15, 0.2) is 11.6 Å². The standard InChI is InChI=1S/C16H22FNO5S2/c1-3-23-16-7-6-13(10-15(16)17)25(21,22)18-11-4-5-12(18)9-14(8-11)24(2,19)20/h6-7,10-12,14H,3-5,8-9H2,1-2H3. The normalized spacial score (nSPS) is 27.4. The highest BCUT2D eigenvalue weighted by molar-refractivity contribution is 7.91. The second-order valence-corrected chi connectivity index (χ2v) is 10.8. The van der Waals surface area contributed by atoms with Crippen molar-refractivity contribution >= 4 is 19.9 Å². The number of ether oxygens (including phenoxy) is 1. The van der Waals surface area contributed by atoms with Crippen molar-refractivity contribution in [1.29, 1.82) is 0 Å². The predicted octanol–water partition coefficient (Wildman–Crippen LogP) is 1.95. The fourth-order valence-electron chi connectivity index (χ4n) is 3.86. The van der Waals surface area contributed by atoms with Gasteiger partial charge in [0.1, 0.15) is 9.84 Å². The number of piperidine rings is 1. The molecule has 0 aromatic heterocycles. The molecule has 3 rings (SSSR count). The van der Waals surface area contributed by atoms with Gasteiger partial charge in [-0.15, -0.1) is 0 Å². The Balaban J connectivity index is 1.90. The van der Waals surface area contributed by atoms with Crippen LogP contribution in [0.5, 0.6) is 5.75 Å². The quantitative estimate of drug-likeness (QED) is 0.766. The van der Waals surface area contributed by atoms with Crippen molar-refractivity contribution in [3.8, 4) is 5.75 Å². The van der Waals surface area contributed by atoms with Crippen molar-refractivity contribution in [2.24, 2.45) is 0 Å². The van der Waals surface area contributed by atoms with Gasteiger partial charge in [-0.1, -0.05) is 0 Å². The van der Waals surface area contributed by atoms with Crippen molar-refractivity contribution in [2.45, 2.75) is 54.8 Å². The Morgan fingerprint density at radius 3 is 2.24 bits per heavy atom. The van der Waals surface area contributed by atoms with Crippen LogP contribution in [0.3, 0.4) is 0 Å². The van der Waals surface area contributed by atoms with Crippen molar-refractivity contribution in [2.75, 3.05) is 12.9 Å². The van der Waals surface area contributed by atoms with Crippen LogP contribution in [0.4, 0.5) is 4.39 Å². The van der Waals surface area contributed by atoms with Gasteiger partial charge in [-0.05, 0) is 50.8 Å².